The van der Waals surface area contributed by atoms with Gasteiger partial charge in [-0.25, -0.2) is 4.79 Å². The standard InChI is InChI=1S/C17H18N2O3S/c1-12-7-8-15(23-12)16(20)18-9-14-11-19(17(21)22-14)10-13-5-3-2-4-6-13/h2-8,14H,9-11H2,1H3,(H,18,20). The lowest BCUT2D eigenvalue weighted by atomic mass is 10.2. The predicted octanol–water partition coefficient (Wildman–Crippen LogP) is 2.81. The molecule has 0 bridgehead atoms. The normalized spacial score (nSPS) is 17.2. The monoisotopic (exact) mass is 330 g/mol. The van der Waals surface area contributed by atoms with Crippen LogP contribution in [0.25, 0.3) is 0 Å². The van der Waals surface area contributed by atoms with Gasteiger partial charge in [0.1, 0.15) is 6.10 Å². The molecule has 2 aromatic rings. The van der Waals surface area contributed by atoms with Crippen LogP contribution in [0.5, 0.6) is 0 Å². The van der Waals surface area contributed by atoms with Gasteiger partial charge in [-0.05, 0) is 24.6 Å². The number of nitrogens with one attached hydrogen (secondary N) is 1. The summed E-state index contributed by atoms with van der Waals surface area (Å²) in [6, 6.07) is 13.5. The molecular weight excluding hydrogens is 312 g/mol. The molecule has 2 heterocycles. The molecule has 5 nitrogen and oxygen atoms in total. The molecule has 120 valence electrons. The minimum Gasteiger partial charge on any atom is -0.442 e. The van der Waals surface area contributed by atoms with Crippen molar-refractivity contribution in [2.45, 2.75) is 19.6 Å². The average molecular weight is 330 g/mol. The van der Waals surface area contributed by atoms with Crippen LogP contribution in [0.15, 0.2) is 42.5 Å². The number of amides is 2. The third-order valence-electron chi connectivity index (χ3n) is 3.62. The van der Waals surface area contributed by atoms with E-state index in [0.29, 0.717) is 24.5 Å². The minimum atomic E-state index is -0.333. The topological polar surface area (TPSA) is 58.6 Å². The summed E-state index contributed by atoms with van der Waals surface area (Å²) in [4.78, 5) is 27.3. The maximum atomic E-state index is 12.0. The Labute approximate surface area is 138 Å². The van der Waals surface area contributed by atoms with Crippen molar-refractivity contribution in [2.24, 2.45) is 0 Å². The van der Waals surface area contributed by atoms with Gasteiger partial charge < -0.3 is 15.0 Å². The molecule has 1 unspecified atom stereocenters. The van der Waals surface area contributed by atoms with Crippen molar-refractivity contribution in [2.75, 3.05) is 13.1 Å². The van der Waals surface area contributed by atoms with Crippen molar-refractivity contribution in [1.82, 2.24) is 10.2 Å². The van der Waals surface area contributed by atoms with E-state index in [9.17, 15) is 9.59 Å². The van der Waals surface area contributed by atoms with E-state index >= 15 is 0 Å². The molecule has 0 saturated carbocycles. The zero-order valence-corrected chi connectivity index (χ0v) is 13.6. The van der Waals surface area contributed by atoms with E-state index in [1.807, 2.05) is 43.3 Å². The van der Waals surface area contributed by atoms with E-state index < -0.39 is 0 Å². The summed E-state index contributed by atoms with van der Waals surface area (Å²) in [7, 11) is 0. The maximum absolute atomic E-state index is 12.0. The summed E-state index contributed by atoms with van der Waals surface area (Å²) in [5, 5.41) is 2.83. The summed E-state index contributed by atoms with van der Waals surface area (Å²) >= 11 is 1.45. The first-order chi connectivity index (χ1) is 11.1. The number of hydrogen-bond donors (Lipinski definition) is 1. The second-order valence-corrected chi connectivity index (χ2v) is 6.78. The van der Waals surface area contributed by atoms with Crippen molar-refractivity contribution in [3.8, 4) is 0 Å². The molecule has 23 heavy (non-hydrogen) atoms. The number of cyclic esters (lactones) is 1. The van der Waals surface area contributed by atoms with Crippen LogP contribution in [-0.2, 0) is 11.3 Å². The summed E-state index contributed by atoms with van der Waals surface area (Å²) in [5.74, 6) is -0.124. The van der Waals surface area contributed by atoms with E-state index in [4.69, 9.17) is 4.74 Å². The fourth-order valence-corrected chi connectivity index (χ4v) is 3.25. The van der Waals surface area contributed by atoms with E-state index in [1.165, 1.54) is 11.3 Å². The zero-order valence-electron chi connectivity index (χ0n) is 12.8. The summed E-state index contributed by atoms with van der Waals surface area (Å²) in [5.41, 5.74) is 1.06. The van der Waals surface area contributed by atoms with Crippen molar-refractivity contribution < 1.29 is 14.3 Å². The predicted molar refractivity (Wildman–Crippen MR) is 88.5 cm³/mol. The Morgan fingerprint density at radius 2 is 2.09 bits per heavy atom. The van der Waals surface area contributed by atoms with Crippen molar-refractivity contribution in [1.29, 1.82) is 0 Å². The van der Waals surface area contributed by atoms with Crippen LogP contribution in [0.2, 0.25) is 0 Å². The van der Waals surface area contributed by atoms with Gasteiger partial charge in [-0.15, -0.1) is 11.3 Å². The summed E-state index contributed by atoms with van der Waals surface area (Å²) < 4.78 is 5.31. The van der Waals surface area contributed by atoms with Gasteiger partial charge in [0.25, 0.3) is 5.91 Å². The number of thiophene rings is 1. The molecule has 1 fully saturated rings. The Morgan fingerprint density at radius 1 is 1.30 bits per heavy atom. The highest BCUT2D eigenvalue weighted by molar-refractivity contribution is 7.13. The second kappa shape index (κ2) is 6.83. The van der Waals surface area contributed by atoms with Crippen LogP contribution < -0.4 is 5.32 Å². The second-order valence-electron chi connectivity index (χ2n) is 5.49. The maximum Gasteiger partial charge on any atom is 0.410 e. The van der Waals surface area contributed by atoms with E-state index in [2.05, 4.69) is 5.32 Å². The molecular formula is C17H18N2O3S. The summed E-state index contributed by atoms with van der Waals surface area (Å²) in [6.07, 6.45) is -0.642. The number of ether oxygens (including phenoxy) is 1. The van der Waals surface area contributed by atoms with Crippen LogP contribution in [0.4, 0.5) is 4.79 Å². The molecule has 6 heteroatoms. The Morgan fingerprint density at radius 3 is 2.78 bits per heavy atom. The molecule has 0 aliphatic carbocycles. The molecule has 3 rings (SSSR count). The first-order valence-electron chi connectivity index (χ1n) is 7.46. The smallest absolute Gasteiger partial charge is 0.410 e. The van der Waals surface area contributed by atoms with Crippen LogP contribution in [-0.4, -0.2) is 36.1 Å². The third-order valence-corrected chi connectivity index (χ3v) is 4.62. The van der Waals surface area contributed by atoms with E-state index in [0.717, 1.165) is 10.4 Å². The van der Waals surface area contributed by atoms with Crippen molar-refractivity contribution in [3.05, 3.63) is 57.8 Å². The Hall–Kier alpha value is -2.34. The SMILES string of the molecule is Cc1ccc(C(=O)NCC2CN(Cc3ccccc3)C(=O)O2)s1. The third kappa shape index (κ3) is 3.90. The number of nitrogens with zero attached hydrogens (tertiary/aromatic N) is 1. The summed E-state index contributed by atoms with van der Waals surface area (Å²) in [6.45, 7) is 3.29. The van der Waals surface area contributed by atoms with Gasteiger partial charge in [0, 0.05) is 11.4 Å². The largest absolute Gasteiger partial charge is 0.442 e. The molecule has 1 aromatic carbocycles. The van der Waals surface area contributed by atoms with Crippen molar-refractivity contribution >= 4 is 23.3 Å². The molecule has 1 aliphatic rings. The molecule has 1 aromatic heterocycles. The minimum absolute atomic E-state index is 0.124. The van der Waals surface area contributed by atoms with Gasteiger partial charge in [0.2, 0.25) is 0 Å². The lowest BCUT2D eigenvalue weighted by molar-refractivity contribution is 0.0918. The number of rotatable bonds is 5. The highest BCUT2D eigenvalue weighted by Gasteiger charge is 2.31. The number of carbonyl (C=O) groups excluding carboxylic acids is 2. The first-order valence-corrected chi connectivity index (χ1v) is 8.27. The highest BCUT2D eigenvalue weighted by atomic mass is 32.1. The first kappa shape index (κ1) is 15.6. The molecule has 2 amide bonds. The van der Waals surface area contributed by atoms with Crippen LogP contribution in [0, 0.1) is 6.92 Å². The molecule has 0 spiro atoms. The van der Waals surface area contributed by atoms with Crippen LogP contribution in [0.1, 0.15) is 20.1 Å². The molecule has 0 radical (unpaired) electrons. The molecule has 1 saturated heterocycles. The fourth-order valence-electron chi connectivity index (χ4n) is 2.46. The van der Waals surface area contributed by atoms with Gasteiger partial charge in [0.15, 0.2) is 0 Å². The number of hydrogen-bond acceptors (Lipinski definition) is 4. The zero-order chi connectivity index (χ0) is 16.2. The lowest BCUT2D eigenvalue weighted by Gasteiger charge is -2.12. The Kier molecular flexibility index (Phi) is 4.62. The molecule has 1 aliphatic heterocycles. The number of aryl methyl sites for hydroxylation is 1. The fraction of sp³-hybridized carbons (Fsp3) is 0.294. The molecule has 1 atom stereocenters. The van der Waals surface area contributed by atoms with Gasteiger partial charge in [-0.3, -0.25) is 4.79 Å². The van der Waals surface area contributed by atoms with Crippen LogP contribution in [0.3, 0.4) is 0 Å². The van der Waals surface area contributed by atoms with Gasteiger partial charge >= 0.3 is 6.09 Å². The van der Waals surface area contributed by atoms with Crippen molar-refractivity contribution in [3.63, 3.8) is 0 Å². The average Bonchev–Trinajstić information content (AvgIpc) is 3.13. The Balaban J connectivity index is 1.50. The van der Waals surface area contributed by atoms with Gasteiger partial charge in [-0.1, -0.05) is 30.3 Å². The van der Waals surface area contributed by atoms with Gasteiger partial charge in [-0.2, -0.15) is 0 Å². The van der Waals surface area contributed by atoms with E-state index in [-0.39, 0.29) is 18.1 Å². The lowest BCUT2D eigenvalue weighted by Crippen LogP contribution is -2.34. The van der Waals surface area contributed by atoms with Crippen LogP contribution >= 0.6 is 11.3 Å². The highest BCUT2D eigenvalue weighted by Crippen LogP contribution is 2.16. The van der Waals surface area contributed by atoms with E-state index in [1.54, 1.807) is 11.0 Å². The quantitative estimate of drug-likeness (QED) is 0.917. The van der Waals surface area contributed by atoms with Gasteiger partial charge in [0.05, 0.1) is 18.0 Å². The number of carbonyl (C=O) groups is 2. The Bertz CT molecular complexity index is 699. The number of benzene rings is 1. The molecule has 1 N–H and O–H groups in total.